The van der Waals surface area contributed by atoms with Crippen LogP contribution in [0.25, 0.3) is 5.69 Å². The van der Waals surface area contributed by atoms with Crippen molar-refractivity contribution in [1.82, 2.24) is 14.9 Å². The third-order valence-electron chi connectivity index (χ3n) is 5.39. The normalized spacial score (nSPS) is 18.3. The van der Waals surface area contributed by atoms with Gasteiger partial charge in [-0.25, -0.2) is 4.39 Å². The first-order chi connectivity index (χ1) is 15.1. The lowest BCUT2D eigenvalue weighted by molar-refractivity contribution is 0.549. The summed E-state index contributed by atoms with van der Waals surface area (Å²) in [6.45, 7) is 0. The van der Waals surface area contributed by atoms with Gasteiger partial charge in [-0.1, -0.05) is 17.7 Å². The van der Waals surface area contributed by atoms with E-state index in [0.717, 1.165) is 22.8 Å². The average molecular weight is 449 g/mol. The van der Waals surface area contributed by atoms with E-state index in [4.69, 9.17) is 23.8 Å². The minimum Gasteiger partial charge on any atom is -0.351 e. The van der Waals surface area contributed by atoms with Crippen LogP contribution < -0.4 is 10.2 Å². The number of anilines is 1. The summed E-state index contributed by atoms with van der Waals surface area (Å²) in [4.78, 5) is 6.67. The molecule has 0 amide bonds. The molecule has 1 saturated heterocycles. The number of hydrogen-bond donors (Lipinski definition) is 1. The van der Waals surface area contributed by atoms with Gasteiger partial charge < -0.3 is 14.8 Å². The van der Waals surface area contributed by atoms with Crippen LogP contribution in [0.15, 0.2) is 91.3 Å². The van der Waals surface area contributed by atoms with Crippen LogP contribution in [0, 0.1) is 5.82 Å². The summed E-state index contributed by atoms with van der Waals surface area (Å²) >= 11 is 11.9. The van der Waals surface area contributed by atoms with Gasteiger partial charge in [0.1, 0.15) is 11.9 Å². The molecule has 0 radical (unpaired) electrons. The number of nitrogens with zero attached hydrogens (tertiary/aromatic N) is 3. The van der Waals surface area contributed by atoms with Crippen LogP contribution in [0.1, 0.15) is 23.5 Å². The van der Waals surface area contributed by atoms with Crippen molar-refractivity contribution in [3.63, 3.8) is 0 Å². The quantitative estimate of drug-likeness (QED) is 0.397. The predicted octanol–water partition coefficient (Wildman–Crippen LogP) is 5.84. The third-order valence-corrected chi connectivity index (χ3v) is 5.96. The van der Waals surface area contributed by atoms with Gasteiger partial charge in [0.15, 0.2) is 5.11 Å². The largest absolute Gasteiger partial charge is 0.351 e. The highest BCUT2D eigenvalue weighted by Crippen LogP contribution is 2.42. The Morgan fingerprint density at radius 1 is 0.903 bits per heavy atom. The highest BCUT2D eigenvalue weighted by atomic mass is 35.5. The van der Waals surface area contributed by atoms with Crippen LogP contribution >= 0.6 is 23.8 Å². The van der Waals surface area contributed by atoms with Gasteiger partial charge in [0.2, 0.25) is 0 Å². The Bertz CT molecular complexity index is 1210. The monoisotopic (exact) mass is 448 g/mol. The second-order valence-electron chi connectivity index (χ2n) is 7.25. The zero-order valence-electron chi connectivity index (χ0n) is 16.3. The average Bonchev–Trinajstić information content (AvgIpc) is 3.40. The molecule has 2 aromatic heterocycles. The molecule has 0 bridgehead atoms. The van der Waals surface area contributed by atoms with E-state index >= 15 is 0 Å². The van der Waals surface area contributed by atoms with E-state index in [0.29, 0.717) is 10.1 Å². The molecule has 154 valence electrons. The molecule has 1 aliphatic heterocycles. The standard InChI is InChI=1S/C24H18ClFN4S/c25-16-6-10-19(11-7-16)30-23(22(28-24(30)31)20-4-1-2-14-27-20)21-5-3-15-29(21)18-12-8-17(26)9-13-18/h1-15,22-23H,(H,28,31)/t22-,23+/m1/s1. The molecule has 0 saturated carbocycles. The topological polar surface area (TPSA) is 33.1 Å². The zero-order valence-corrected chi connectivity index (χ0v) is 17.9. The lowest BCUT2D eigenvalue weighted by atomic mass is 10.0. The van der Waals surface area contributed by atoms with Crippen molar-refractivity contribution < 1.29 is 4.39 Å². The summed E-state index contributed by atoms with van der Waals surface area (Å²) in [5.41, 5.74) is 3.69. The molecule has 0 spiro atoms. The van der Waals surface area contributed by atoms with Gasteiger partial charge in [-0.05, 0) is 85.0 Å². The Morgan fingerprint density at radius 2 is 1.65 bits per heavy atom. The first-order valence-electron chi connectivity index (χ1n) is 9.81. The number of rotatable bonds is 4. The number of aromatic nitrogens is 2. The summed E-state index contributed by atoms with van der Waals surface area (Å²) in [7, 11) is 0. The lowest BCUT2D eigenvalue weighted by Crippen LogP contribution is -2.30. The van der Waals surface area contributed by atoms with E-state index in [-0.39, 0.29) is 17.9 Å². The molecule has 5 rings (SSSR count). The summed E-state index contributed by atoms with van der Waals surface area (Å²) in [5, 5.41) is 4.72. The fourth-order valence-corrected chi connectivity index (χ4v) is 4.48. The molecule has 1 N–H and O–H groups in total. The number of pyridine rings is 1. The third kappa shape index (κ3) is 3.69. The number of benzene rings is 2. The van der Waals surface area contributed by atoms with Gasteiger partial charge in [0.05, 0.1) is 11.7 Å². The number of nitrogens with one attached hydrogen (secondary N) is 1. The molecule has 31 heavy (non-hydrogen) atoms. The fourth-order valence-electron chi connectivity index (χ4n) is 4.01. The highest BCUT2D eigenvalue weighted by molar-refractivity contribution is 7.80. The smallest absolute Gasteiger partial charge is 0.174 e. The minimum absolute atomic E-state index is 0.168. The highest BCUT2D eigenvalue weighted by Gasteiger charge is 2.42. The van der Waals surface area contributed by atoms with Crippen molar-refractivity contribution in [3.05, 3.63) is 113 Å². The van der Waals surface area contributed by atoms with Crippen LogP contribution in [0.5, 0.6) is 0 Å². The van der Waals surface area contributed by atoms with E-state index in [1.165, 1.54) is 12.1 Å². The number of hydrogen-bond acceptors (Lipinski definition) is 2. The van der Waals surface area contributed by atoms with Crippen molar-refractivity contribution in [3.8, 4) is 5.69 Å². The molecular formula is C24H18ClFN4S. The minimum atomic E-state index is -0.268. The van der Waals surface area contributed by atoms with Gasteiger partial charge in [-0.3, -0.25) is 4.98 Å². The first kappa shape index (κ1) is 19.7. The molecule has 2 atom stereocenters. The Morgan fingerprint density at radius 3 is 2.35 bits per heavy atom. The Labute approximate surface area is 189 Å². The van der Waals surface area contributed by atoms with E-state index < -0.39 is 0 Å². The molecule has 0 aliphatic carbocycles. The number of halogens is 2. The second-order valence-corrected chi connectivity index (χ2v) is 8.08. The van der Waals surface area contributed by atoms with E-state index in [1.807, 2.05) is 54.7 Å². The van der Waals surface area contributed by atoms with Crippen molar-refractivity contribution >= 4 is 34.6 Å². The van der Waals surface area contributed by atoms with Gasteiger partial charge in [0.25, 0.3) is 0 Å². The Hall–Kier alpha value is -3.22. The Balaban J connectivity index is 1.66. The maximum absolute atomic E-state index is 13.5. The fraction of sp³-hybridized carbons (Fsp3) is 0.0833. The molecule has 7 heteroatoms. The van der Waals surface area contributed by atoms with Crippen LogP contribution in [-0.4, -0.2) is 14.7 Å². The van der Waals surface area contributed by atoms with Crippen molar-refractivity contribution in [1.29, 1.82) is 0 Å². The summed E-state index contributed by atoms with van der Waals surface area (Å²) < 4.78 is 15.6. The van der Waals surface area contributed by atoms with Crippen LogP contribution in [0.4, 0.5) is 10.1 Å². The van der Waals surface area contributed by atoms with E-state index in [9.17, 15) is 4.39 Å². The molecule has 4 nitrogen and oxygen atoms in total. The van der Waals surface area contributed by atoms with Crippen LogP contribution in [-0.2, 0) is 0 Å². The summed E-state index contributed by atoms with van der Waals surface area (Å²) in [6.07, 6.45) is 3.75. The summed E-state index contributed by atoms with van der Waals surface area (Å²) in [6, 6.07) is 23.6. The predicted molar refractivity (Wildman–Crippen MR) is 125 cm³/mol. The molecule has 3 heterocycles. The molecule has 0 unspecified atom stereocenters. The molecular weight excluding hydrogens is 431 g/mol. The molecule has 1 fully saturated rings. The van der Waals surface area contributed by atoms with Gasteiger partial charge >= 0.3 is 0 Å². The van der Waals surface area contributed by atoms with Gasteiger partial charge in [-0.15, -0.1) is 0 Å². The number of thiocarbonyl (C=S) groups is 1. The van der Waals surface area contributed by atoms with Crippen molar-refractivity contribution in [2.24, 2.45) is 0 Å². The van der Waals surface area contributed by atoms with Crippen LogP contribution in [0.3, 0.4) is 0 Å². The molecule has 2 aromatic carbocycles. The molecule has 1 aliphatic rings. The second kappa shape index (κ2) is 8.13. The van der Waals surface area contributed by atoms with Crippen molar-refractivity contribution in [2.45, 2.75) is 12.1 Å². The SMILES string of the molecule is Fc1ccc(-n2cccc2[C@H]2[C@@H](c3ccccn3)NC(=S)N2c2ccc(Cl)cc2)cc1. The maximum atomic E-state index is 13.5. The Kier molecular flexibility index (Phi) is 5.18. The maximum Gasteiger partial charge on any atom is 0.174 e. The van der Waals surface area contributed by atoms with Gasteiger partial charge in [-0.2, -0.15) is 0 Å². The van der Waals surface area contributed by atoms with Crippen molar-refractivity contribution in [2.75, 3.05) is 4.90 Å². The lowest BCUT2D eigenvalue weighted by Gasteiger charge is -2.29. The van der Waals surface area contributed by atoms with Crippen LogP contribution in [0.2, 0.25) is 5.02 Å². The molecule has 4 aromatic rings. The van der Waals surface area contributed by atoms with E-state index in [2.05, 4.69) is 25.8 Å². The van der Waals surface area contributed by atoms with E-state index in [1.54, 1.807) is 18.3 Å². The van der Waals surface area contributed by atoms with Gasteiger partial charge in [0, 0.05) is 34.5 Å². The zero-order chi connectivity index (χ0) is 21.4. The summed E-state index contributed by atoms with van der Waals surface area (Å²) in [5.74, 6) is -0.268. The first-order valence-corrected chi connectivity index (χ1v) is 10.6.